The first-order valence-electron chi connectivity index (χ1n) is 5.23. The second-order valence-electron chi connectivity index (χ2n) is 3.45. The second-order valence-corrected chi connectivity index (χ2v) is 3.45. The van der Waals surface area contributed by atoms with Gasteiger partial charge in [0.05, 0.1) is 25.3 Å². The molecule has 0 saturated heterocycles. The number of nitrogens with zero attached hydrogens (tertiary/aromatic N) is 5. The lowest BCUT2D eigenvalue weighted by molar-refractivity contribution is 0.0723. The largest absolute Gasteiger partial charge is 0.467 e. The molecule has 0 atom stereocenters. The Morgan fingerprint density at radius 3 is 3.11 bits per heavy atom. The van der Waals surface area contributed by atoms with Crippen LogP contribution in [0.3, 0.4) is 0 Å². The van der Waals surface area contributed by atoms with E-state index in [1.54, 1.807) is 12.1 Å². The number of carbonyl (C=O) groups excluding carboxylic acids is 1. The van der Waals surface area contributed by atoms with Crippen LogP contribution in [0.2, 0.25) is 0 Å². The van der Waals surface area contributed by atoms with Crippen LogP contribution < -0.4 is 0 Å². The predicted molar refractivity (Wildman–Crippen MR) is 57.9 cm³/mol. The van der Waals surface area contributed by atoms with Crippen LogP contribution in [0.15, 0.2) is 22.8 Å². The van der Waals surface area contributed by atoms with Gasteiger partial charge in [-0.25, -0.2) is 0 Å². The quantitative estimate of drug-likeness (QED) is 0.814. The maximum atomic E-state index is 12.0. The van der Waals surface area contributed by atoms with Gasteiger partial charge in [0.25, 0.3) is 11.7 Å². The van der Waals surface area contributed by atoms with Gasteiger partial charge >= 0.3 is 0 Å². The van der Waals surface area contributed by atoms with Crippen LogP contribution in [0, 0.1) is 11.3 Å². The number of furan rings is 1. The van der Waals surface area contributed by atoms with Crippen molar-refractivity contribution < 1.29 is 9.21 Å². The second kappa shape index (κ2) is 5.58. The Labute approximate surface area is 102 Å². The minimum atomic E-state index is -0.393. The average Bonchev–Trinajstić information content (AvgIpc) is 3.06. The van der Waals surface area contributed by atoms with Gasteiger partial charge in [0, 0.05) is 6.54 Å². The van der Waals surface area contributed by atoms with Gasteiger partial charge in [-0.3, -0.25) is 4.79 Å². The molecule has 8 heteroatoms. The number of tetrazole rings is 1. The average molecular weight is 246 g/mol. The van der Waals surface area contributed by atoms with Gasteiger partial charge in [0.1, 0.15) is 5.76 Å². The molecule has 1 N–H and O–H groups in total. The number of amides is 1. The topological polar surface area (TPSA) is 112 Å². The van der Waals surface area contributed by atoms with E-state index in [2.05, 4.69) is 20.6 Å². The summed E-state index contributed by atoms with van der Waals surface area (Å²) >= 11 is 0. The van der Waals surface area contributed by atoms with Crippen molar-refractivity contribution in [3.63, 3.8) is 0 Å². The zero-order chi connectivity index (χ0) is 12.8. The van der Waals surface area contributed by atoms with E-state index < -0.39 is 5.91 Å². The fourth-order valence-electron chi connectivity index (χ4n) is 1.42. The van der Waals surface area contributed by atoms with E-state index in [1.165, 1.54) is 11.2 Å². The molecular weight excluding hydrogens is 236 g/mol. The van der Waals surface area contributed by atoms with Gasteiger partial charge in [-0.15, -0.1) is 10.2 Å². The zero-order valence-corrected chi connectivity index (χ0v) is 9.41. The zero-order valence-electron chi connectivity index (χ0n) is 9.41. The third kappa shape index (κ3) is 2.70. The molecule has 2 rings (SSSR count). The SMILES string of the molecule is N#CCCN(Cc1ccco1)C(=O)c1nn[nH]n1. The Hall–Kier alpha value is -2.69. The summed E-state index contributed by atoms with van der Waals surface area (Å²) in [7, 11) is 0. The van der Waals surface area contributed by atoms with Gasteiger partial charge in [-0.1, -0.05) is 0 Å². The third-order valence-corrected chi connectivity index (χ3v) is 2.24. The molecule has 0 aromatic carbocycles. The van der Waals surface area contributed by atoms with Crippen molar-refractivity contribution >= 4 is 5.91 Å². The van der Waals surface area contributed by atoms with E-state index in [9.17, 15) is 4.79 Å². The molecule has 2 aromatic heterocycles. The molecule has 92 valence electrons. The van der Waals surface area contributed by atoms with E-state index in [-0.39, 0.29) is 25.3 Å². The summed E-state index contributed by atoms with van der Waals surface area (Å²) in [5.74, 6) is 0.208. The third-order valence-electron chi connectivity index (χ3n) is 2.24. The molecule has 0 aliphatic heterocycles. The highest BCUT2D eigenvalue weighted by Crippen LogP contribution is 2.08. The molecule has 0 unspecified atom stereocenters. The van der Waals surface area contributed by atoms with Gasteiger partial charge in [0.15, 0.2) is 0 Å². The van der Waals surface area contributed by atoms with Gasteiger partial charge < -0.3 is 9.32 Å². The minimum absolute atomic E-state index is 0.0282. The standard InChI is InChI=1S/C10H10N6O2/c11-4-2-5-16(7-8-3-1-6-18-8)10(17)9-12-14-15-13-9/h1,3,6H,2,5,7H2,(H,12,13,14,15). The molecular formula is C10H10N6O2. The van der Waals surface area contributed by atoms with E-state index in [0.717, 1.165) is 0 Å². The summed E-state index contributed by atoms with van der Waals surface area (Å²) in [4.78, 5) is 13.5. The maximum absolute atomic E-state index is 12.0. The van der Waals surface area contributed by atoms with Crippen molar-refractivity contribution in [3.05, 3.63) is 30.0 Å². The Kier molecular flexibility index (Phi) is 3.66. The Bertz CT molecular complexity index is 527. The van der Waals surface area contributed by atoms with Crippen LogP contribution in [-0.2, 0) is 6.54 Å². The normalized spacial score (nSPS) is 9.94. The number of aromatic amines is 1. The monoisotopic (exact) mass is 246 g/mol. The van der Waals surface area contributed by atoms with Crippen molar-refractivity contribution in [3.8, 4) is 6.07 Å². The molecule has 1 amide bonds. The maximum Gasteiger partial charge on any atom is 0.295 e. The van der Waals surface area contributed by atoms with E-state index in [0.29, 0.717) is 5.76 Å². The lowest BCUT2D eigenvalue weighted by Gasteiger charge is -2.18. The lowest BCUT2D eigenvalue weighted by Crippen LogP contribution is -2.32. The lowest BCUT2D eigenvalue weighted by atomic mass is 10.3. The van der Waals surface area contributed by atoms with Crippen LogP contribution in [0.4, 0.5) is 0 Å². The molecule has 0 spiro atoms. The molecule has 0 fully saturated rings. The van der Waals surface area contributed by atoms with E-state index in [4.69, 9.17) is 9.68 Å². The first kappa shape index (κ1) is 11.8. The van der Waals surface area contributed by atoms with Crippen LogP contribution in [0.25, 0.3) is 0 Å². The van der Waals surface area contributed by atoms with Crippen LogP contribution in [-0.4, -0.2) is 38.0 Å². The Morgan fingerprint density at radius 2 is 2.50 bits per heavy atom. The van der Waals surface area contributed by atoms with Crippen molar-refractivity contribution in [2.45, 2.75) is 13.0 Å². The molecule has 2 heterocycles. The fraction of sp³-hybridized carbons (Fsp3) is 0.300. The van der Waals surface area contributed by atoms with Crippen molar-refractivity contribution in [1.29, 1.82) is 5.26 Å². The fourth-order valence-corrected chi connectivity index (χ4v) is 1.42. The number of nitriles is 1. The van der Waals surface area contributed by atoms with Gasteiger partial charge in [-0.2, -0.15) is 10.5 Å². The highest BCUT2D eigenvalue weighted by Gasteiger charge is 2.20. The van der Waals surface area contributed by atoms with Crippen molar-refractivity contribution in [2.24, 2.45) is 0 Å². The summed E-state index contributed by atoms with van der Waals surface area (Å²) in [6.07, 6.45) is 1.75. The number of rotatable bonds is 5. The highest BCUT2D eigenvalue weighted by molar-refractivity contribution is 5.90. The molecule has 0 aliphatic carbocycles. The van der Waals surface area contributed by atoms with Gasteiger partial charge in [-0.05, 0) is 17.3 Å². The summed E-state index contributed by atoms with van der Waals surface area (Å²) in [6.45, 7) is 0.548. The first-order valence-corrected chi connectivity index (χ1v) is 5.23. The number of hydrogen-bond acceptors (Lipinski definition) is 6. The molecule has 2 aromatic rings. The minimum Gasteiger partial charge on any atom is -0.467 e. The molecule has 18 heavy (non-hydrogen) atoms. The molecule has 8 nitrogen and oxygen atoms in total. The predicted octanol–water partition coefficient (Wildman–Crippen LogP) is 0.349. The molecule has 0 aliphatic rings. The van der Waals surface area contributed by atoms with Gasteiger partial charge in [0.2, 0.25) is 0 Å². The number of carbonyl (C=O) groups is 1. The number of nitrogens with one attached hydrogen (secondary N) is 1. The highest BCUT2D eigenvalue weighted by atomic mass is 16.3. The van der Waals surface area contributed by atoms with Crippen LogP contribution >= 0.6 is 0 Å². The van der Waals surface area contributed by atoms with Crippen LogP contribution in [0.1, 0.15) is 22.8 Å². The Balaban J connectivity index is 2.09. The Morgan fingerprint density at radius 1 is 1.61 bits per heavy atom. The van der Waals surface area contributed by atoms with Crippen molar-refractivity contribution in [1.82, 2.24) is 25.5 Å². The summed E-state index contributed by atoms with van der Waals surface area (Å²) < 4.78 is 5.17. The summed E-state index contributed by atoms with van der Waals surface area (Å²) in [5, 5.41) is 21.4. The number of H-pyrrole nitrogens is 1. The number of aromatic nitrogens is 4. The van der Waals surface area contributed by atoms with E-state index >= 15 is 0 Å². The molecule has 0 saturated carbocycles. The first-order chi connectivity index (χ1) is 8.81. The summed E-state index contributed by atoms with van der Waals surface area (Å²) in [5.41, 5.74) is 0. The molecule has 0 bridgehead atoms. The number of hydrogen-bond donors (Lipinski definition) is 1. The smallest absolute Gasteiger partial charge is 0.295 e. The summed E-state index contributed by atoms with van der Waals surface area (Å²) in [6, 6.07) is 5.47. The van der Waals surface area contributed by atoms with Crippen molar-refractivity contribution in [2.75, 3.05) is 6.54 Å². The van der Waals surface area contributed by atoms with E-state index in [1.807, 2.05) is 6.07 Å². The van der Waals surface area contributed by atoms with Crippen LogP contribution in [0.5, 0.6) is 0 Å². The molecule has 0 radical (unpaired) electrons.